The summed E-state index contributed by atoms with van der Waals surface area (Å²) in [5, 5.41) is 20.4. The number of likely N-dealkylation sites (tertiary alicyclic amines) is 1. The lowest BCUT2D eigenvalue weighted by atomic mass is 9.71. The maximum absolute atomic E-state index is 13.0. The van der Waals surface area contributed by atoms with Gasteiger partial charge in [0.15, 0.2) is 0 Å². The van der Waals surface area contributed by atoms with Gasteiger partial charge in [0.2, 0.25) is 5.91 Å². The largest absolute Gasteiger partial charge is 0.494 e. The number of carbonyl (C=O) groups excluding carboxylic acids is 3. The number of urea groups is 1. The molecule has 13 heteroatoms. The highest BCUT2D eigenvalue weighted by Crippen LogP contribution is 2.43. The molecular formula is C41H47N9O4. The molecule has 0 radical (unpaired) electrons. The quantitative estimate of drug-likeness (QED) is 0.219. The molecule has 0 unspecified atom stereocenters. The number of piperidine rings is 2. The van der Waals surface area contributed by atoms with Crippen molar-refractivity contribution < 1.29 is 19.1 Å². The number of ether oxygens (including phenoxy) is 1. The number of nitrogens with zero attached hydrogens (tertiary/aromatic N) is 7. The number of amides is 4. The molecule has 1 saturated carbocycles. The van der Waals surface area contributed by atoms with Crippen LogP contribution in [-0.4, -0.2) is 83.9 Å². The zero-order valence-corrected chi connectivity index (χ0v) is 30.8. The number of imide groups is 1. The Kier molecular flexibility index (Phi) is 9.94. The van der Waals surface area contributed by atoms with Gasteiger partial charge in [0, 0.05) is 74.0 Å². The molecule has 54 heavy (non-hydrogen) atoms. The number of methoxy groups -OCH3 is 1. The van der Waals surface area contributed by atoms with Crippen molar-refractivity contribution in [3.63, 3.8) is 0 Å². The molecule has 0 bridgehead atoms. The van der Waals surface area contributed by atoms with Crippen LogP contribution in [0.1, 0.15) is 79.8 Å². The van der Waals surface area contributed by atoms with Crippen LogP contribution >= 0.6 is 0 Å². The minimum Gasteiger partial charge on any atom is -0.494 e. The molecule has 4 aliphatic rings. The van der Waals surface area contributed by atoms with E-state index in [0.29, 0.717) is 52.9 Å². The van der Waals surface area contributed by atoms with Crippen LogP contribution in [0.3, 0.4) is 0 Å². The average Bonchev–Trinajstić information content (AvgIpc) is 3.62. The molecule has 4 fully saturated rings. The predicted octanol–water partition coefficient (Wildman–Crippen LogP) is 6.12. The Morgan fingerprint density at radius 1 is 0.981 bits per heavy atom. The van der Waals surface area contributed by atoms with Gasteiger partial charge in [-0.3, -0.25) is 29.5 Å². The lowest BCUT2D eigenvalue weighted by molar-refractivity contribution is -0.120. The lowest BCUT2D eigenvalue weighted by Gasteiger charge is -2.48. The molecule has 3 aliphatic heterocycles. The highest BCUT2D eigenvalue weighted by molar-refractivity contribution is 6.06. The number of aromatic nitrogens is 3. The molecule has 3 saturated heterocycles. The van der Waals surface area contributed by atoms with Crippen molar-refractivity contribution in [1.29, 1.82) is 5.26 Å². The summed E-state index contributed by atoms with van der Waals surface area (Å²) in [6.07, 6.45) is 14.7. The number of rotatable bonds is 8. The van der Waals surface area contributed by atoms with Crippen LogP contribution in [0, 0.1) is 22.7 Å². The molecule has 1 aliphatic carbocycles. The van der Waals surface area contributed by atoms with Crippen molar-refractivity contribution in [3.8, 4) is 11.8 Å². The maximum atomic E-state index is 13.0. The van der Waals surface area contributed by atoms with Gasteiger partial charge in [-0.1, -0.05) is 6.07 Å². The van der Waals surface area contributed by atoms with Crippen molar-refractivity contribution in [3.05, 3.63) is 72.2 Å². The lowest BCUT2D eigenvalue weighted by Crippen LogP contribution is -2.49. The number of fused-ring (bicyclic) bond motifs is 1. The summed E-state index contributed by atoms with van der Waals surface area (Å²) in [4.78, 5) is 47.8. The van der Waals surface area contributed by atoms with Crippen LogP contribution in [-0.2, 0) is 4.79 Å². The smallest absolute Gasteiger partial charge is 0.328 e. The zero-order valence-electron chi connectivity index (χ0n) is 30.8. The number of hydrogen-bond acceptors (Lipinski definition) is 9. The molecule has 280 valence electrons. The number of pyridine rings is 1. The fourth-order valence-electron chi connectivity index (χ4n) is 8.92. The molecule has 2 N–H and O–H groups in total. The first-order valence-electron chi connectivity index (χ1n) is 19.2. The van der Waals surface area contributed by atoms with Gasteiger partial charge in [0.1, 0.15) is 11.8 Å². The molecule has 13 nitrogen and oxygen atoms in total. The van der Waals surface area contributed by atoms with E-state index >= 15 is 0 Å². The second-order valence-electron chi connectivity index (χ2n) is 15.5. The van der Waals surface area contributed by atoms with Gasteiger partial charge in [0.25, 0.3) is 5.91 Å². The van der Waals surface area contributed by atoms with Crippen molar-refractivity contribution in [2.75, 3.05) is 61.5 Å². The second kappa shape index (κ2) is 15.1. The molecule has 4 amide bonds. The highest BCUT2D eigenvalue weighted by Gasteiger charge is 2.38. The van der Waals surface area contributed by atoms with Crippen LogP contribution in [0.4, 0.5) is 21.9 Å². The normalized spacial score (nSPS) is 21.9. The Morgan fingerprint density at radius 3 is 2.48 bits per heavy atom. The van der Waals surface area contributed by atoms with Crippen LogP contribution in [0.5, 0.6) is 5.75 Å². The van der Waals surface area contributed by atoms with E-state index in [9.17, 15) is 19.6 Å². The molecule has 8 rings (SSSR count). The second-order valence-corrected chi connectivity index (χ2v) is 15.5. The van der Waals surface area contributed by atoms with Gasteiger partial charge in [-0.15, -0.1) is 0 Å². The minimum atomic E-state index is -0.359. The Labute approximate surface area is 315 Å². The molecule has 2 aromatic heterocycles. The first-order chi connectivity index (χ1) is 26.3. The zero-order chi connectivity index (χ0) is 37.2. The summed E-state index contributed by atoms with van der Waals surface area (Å²) in [6.45, 7) is 5.98. The highest BCUT2D eigenvalue weighted by atomic mass is 16.5. The van der Waals surface area contributed by atoms with Crippen LogP contribution in [0.2, 0.25) is 0 Å². The number of nitrogens with one attached hydrogen (secondary N) is 2. The first-order valence-corrected chi connectivity index (χ1v) is 19.2. The minimum absolute atomic E-state index is 0.212. The number of benzene rings is 2. The SMILES string of the molecule is COc1cc2nn(C3CCC(CN4CCC5(CC4)CCN(c4cccc(N6CCC(=O)NC6=O)c4)CC5)CC3)cc2cc1NC(=O)c1cncc(C#N)c1. The molecular weight excluding hydrogens is 683 g/mol. The molecule has 4 aromatic rings. The van der Waals surface area contributed by atoms with Gasteiger partial charge in [0.05, 0.1) is 35.5 Å². The van der Waals surface area contributed by atoms with Crippen molar-refractivity contribution in [2.45, 2.75) is 63.8 Å². The standard InChI is InChI=1S/C41H47N9O4/c1-54-37-22-35-31(20-36(37)44-39(52)30-19-29(23-42)24-43-25-30)27-50(46-35)32-7-5-28(6-8-32)26-47-15-10-41(11-16-47)12-17-48(18-13-41)33-3-2-4-34(21-33)49-14-9-38(51)45-40(49)53/h2-4,19-22,24-25,27-28,32H,5-18,26H2,1H3,(H,44,52)(H,45,51,53). The summed E-state index contributed by atoms with van der Waals surface area (Å²) in [5.41, 5.74) is 4.41. The fourth-order valence-corrected chi connectivity index (χ4v) is 8.92. The van der Waals surface area contributed by atoms with Gasteiger partial charge < -0.3 is 19.9 Å². The van der Waals surface area contributed by atoms with Gasteiger partial charge in [-0.05, 0) is 106 Å². The average molecular weight is 730 g/mol. The third-order valence-corrected chi connectivity index (χ3v) is 12.2. The number of anilines is 3. The summed E-state index contributed by atoms with van der Waals surface area (Å²) in [6, 6.07) is 15.5. The van der Waals surface area contributed by atoms with E-state index in [4.69, 9.17) is 9.84 Å². The van der Waals surface area contributed by atoms with Crippen molar-refractivity contribution >= 4 is 45.8 Å². The van der Waals surface area contributed by atoms with E-state index in [-0.39, 0.29) is 17.8 Å². The van der Waals surface area contributed by atoms with Crippen LogP contribution in [0.25, 0.3) is 10.9 Å². The summed E-state index contributed by atoms with van der Waals surface area (Å²) in [7, 11) is 1.57. The van der Waals surface area contributed by atoms with Crippen LogP contribution in [0.15, 0.2) is 61.1 Å². The summed E-state index contributed by atoms with van der Waals surface area (Å²) < 4.78 is 7.71. The molecule has 1 spiro atoms. The third kappa shape index (κ3) is 7.48. The van der Waals surface area contributed by atoms with Gasteiger partial charge in [-0.2, -0.15) is 10.4 Å². The Morgan fingerprint density at radius 2 is 1.74 bits per heavy atom. The van der Waals surface area contributed by atoms with E-state index in [1.807, 2.05) is 30.3 Å². The van der Waals surface area contributed by atoms with E-state index in [1.165, 1.54) is 76.6 Å². The Balaban J connectivity index is 0.809. The predicted molar refractivity (Wildman–Crippen MR) is 206 cm³/mol. The molecule has 0 atom stereocenters. The Bertz CT molecular complexity index is 2080. The topological polar surface area (TPSA) is 149 Å². The summed E-state index contributed by atoms with van der Waals surface area (Å²) in [5.74, 6) is 0.654. The fraction of sp³-hybridized carbons (Fsp3) is 0.463. The third-order valence-electron chi connectivity index (χ3n) is 12.2. The van der Waals surface area contributed by atoms with Crippen LogP contribution < -0.4 is 25.2 Å². The van der Waals surface area contributed by atoms with Gasteiger partial charge >= 0.3 is 6.03 Å². The monoisotopic (exact) mass is 729 g/mol. The maximum Gasteiger partial charge on any atom is 0.328 e. The molecule has 5 heterocycles. The number of nitriles is 1. The van der Waals surface area contributed by atoms with Crippen molar-refractivity contribution in [1.82, 2.24) is 25.0 Å². The Hall–Kier alpha value is -5.48. The summed E-state index contributed by atoms with van der Waals surface area (Å²) >= 11 is 0. The van der Waals surface area contributed by atoms with Crippen molar-refractivity contribution in [2.24, 2.45) is 11.3 Å². The van der Waals surface area contributed by atoms with E-state index < -0.39 is 0 Å². The number of carbonyl (C=O) groups is 3. The number of hydrogen-bond donors (Lipinski definition) is 2. The van der Waals surface area contributed by atoms with E-state index in [2.05, 4.69) is 48.4 Å². The van der Waals surface area contributed by atoms with Gasteiger partial charge in [-0.25, -0.2) is 4.79 Å². The molecule has 2 aromatic carbocycles. The first kappa shape index (κ1) is 35.5. The van der Waals surface area contributed by atoms with E-state index in [0.717, 1.165) is 48.2 Å². The van der Waals surface area contributed by atoms with E-state index in [1.54, 1.807) is 12.0 Å².